The summed E-state index contributed by atoms with van der Waals surface area (Å²) in [6.07, 6.45) is 9.55. The lowest BCUT2D eigenvalue weighted by atomic mass is 9.54. The first-order chi connectivity index (χ1) is 10.7. The predicted molar refractivity (Wildman–Crippen MR) is 85.7 cm³/mol. The molecule has 1 aliphatic heterocycles. The van der Waals surface area contributed by atoms with Crippen molar-refractivity contribution in [3.05, 3.63) is 0 Å². The number of hydrogen-bond donors (Lipinski definition) is 0. The lowest BCUT2D eigenvalue weighted by molar-refractivity contribution is -0.188. The summed E-state index contributed by atoms with van der Waals surface area (Å²) in [6, 6.07) is 0.389. The standard InChI is InChI=1S/C18H31NO3/c1-3-22-16-13-15(18(16)9-5-4-6-10-18)19(2)17(20)14-7-11-21-12-8-14/h14-16H,3-13H2,1-2H3/t15-,16-/m1/s1. The molecule has 3 fully saturated rings. The monoisotopic (exact) mass is 309 g/mol. The largest absolute Gasteiger partial charge is 0.381 e. The molecule has 0 radical (unpaired) electrons. The molecule has 4 nitrogen and oxygen atoms in total. The Labute approximate surface area is 134 Å². The second-order valence-electron chi connectivity index (χ2n) is 7.33. The van der Waals surface area contributed by atoms with Crippen molar-refractivity contribution in [3.8, 4) is 0 Å². The lowest BCUT2D eigenvalue weighted by Gasteiger charge is -2.60. The SMILES string of the molecule is CCO[C@@H]1C[C@@H](N(C)C(=O)C2CCOCC2)C12CCCCC2. The van der Waals surface area contributed by atoms with Gasteiger partial charge in [-0.1, -0.05) is 19.3 Å². The highest BCUT2D eigenvalue weighted by molar-refractivity contribution is 5.79. The fourth-order valence-electron chi connectivity index (χ4n) is 4.96. The Morgan fingerprint density at radius 3 is 2.55 bits per heavy atom. The van der Waals surface area contributed by atoms with E-state index in [9.17, 15) is 4.79 Å². The van der Waals surface area contributed by atoms with Crippen LogP contribution in [0.2, 0.25) is 0 Å². The van der Waals surface area contributed by atoms with Gasteiger partial charge in [0.25, 0.3) is 0 Å². The van der Waals surface area contributed by atoms with Crippen molar-refractivity contribution in [2.24, 2.45) is 11.3 Å². The molecule has 2 atom stereocenters. The number of carbonyl (C=O) groups is 1. The predicted octanol–water partition coefficient (Wildman–Crippen LogP) is 3.00. The van der Waals surface area contributed by atoms with E-state index < -0.39 is 0 Å². The van der Waals surface area contributed by atoms with E-state index in [1.807, 2.05) is 7.05 Å². The summed E-state index contributed by atoms with van der Waals surface area (Å²) < 4.78 is 11.4. The molecule has 0 N–H and O–H groups in total. The molecule has 0 aromatic carbocycles. The van der Waals surface area contributed by atoms with Gasteiger partial charge >= 0.3 is 0 Å². The molecule has 1 heterocycles. The van der Waals surface area contributed by atoms with Crippen molar-refractivity contribution in [2.45, 2.75) is 70.4 Å². The molecular weight excluding hydrogens is 278 g/mol. The van der Waals surface area contributed by atoms with Gasteiger partial charge in [-0.05, 0) is 39.0 Å². The fourth-order valence-corrected chi connectivity index (χ4v) is 4.96. The molecule has 3 aliphatic rings. The number of ether oxygens (including phenoxy) is 2. The van der Waals surface area contributed by atoms with Crippen LogP contribution >= 0.6 is 0 Å². The zero-order chi connectivity index (χ0) is 15.6. The Kier molecular flexibility index (Phi) is 5.08. The Hall–Kier alpha value is -0.610. The maximum Gasteiger partial charge on any atom is 0.225 e. The van der Waals surface area contributed by atoms with E-state index in [-0.39, 0.29) is 11.3 Å². The van der Waals surface area contributed by atoms with Crippen LogP contribution in [0.5, 0.6) is 0 Å². The molecule has 0 bridgehead atoms. The lowest BCUT2D eigenvalue weighted by Crippen LogP contribution is -2.66. The molecule has 126 valence electrons. The van der Waals surface area contributed by atoms with E-state index in [0.29, 0.717) is 18.1 Å². The van der Waals surface area contributed by atoms with E-state index in [0.717, 1.165) is 39.1 Å². The molecule has 4 heteroatoms. The normalized spacial score (nSPS) is 31.7. The second-order valence-corrected chi connectivity index (χ2v) is 7.33. The quantitative estimate of drug-likeness (QED) is 0.801. The van der Waals surface area contributed by atoms with Crippen molar-refractivity contribution < 1.29 is 14.3 Å². The Morgan fingerprint density at radius 1 is 1.23 bits per heavy atom. The van der Waals surface area contributed by atoms with E-state index >= 15 is 0 Å². The summed E-state index contributed by atoms with van der Waals surface area (Å²) in [5.41, 5.74) is 0.240. The maximum atomic E-state index is 12.9. The van der Waals surface area contributed by atoms with Crippen molar-refractivity contribution in [1.82, 2.24) is 4.90 Å². The molecule has 22 heavy (non-hydrogen) atoms. The number of amides is 1. The van der Waals surface area contributed by atoms with Gasteiger partial charge in [0.2, 0.25) is 5.91 Å². The maximum absolute atomic E-state index is 12.9. The van der Waals surface area contributed by atoms with Gasteiger partial charge in [0.15, 0.2) is 0 Å². The van der Waals surface area contributed by atoms with Gasteiger partial charge in [0.1, 0.15) is 0 Å². The minimum absolute atomic E-state index is 0.172. The fraction of sp³-hybridized carbons (Fsp3) is 0.944. The van der Waals surface area contributed by atoms with Crippen molar-refractivity contribution in [1.29, 1.82) is 0 Å². The van der Waals surface area contributed by atoms with Crippen LogP contribution < -0.4 is 0 Å². The second kappa shape index (κ2) is 6.88. The molecule has 2 aliphatic carbocycles. The molecule has 2 saturated carbocycles. The summed E-state index contributed by atoms with van der Waals surface area (Å²) in [7, 11) is 2.03. The smallest absolute Gasteiger partial charge is 0.225 e. The molecular formula is C18H31NO3. The van der Waals surface area contributed by atoms with Gasteiger partial charge < -0.3 is 14.4 Å². The third-order valence-electron chi connectivity index (χ3n) is 6.28. The van der Waals surface area contributed by atoms with E-state index in [1.165, 1.54) is 32.1 Å². The van der Waals surface area contributed by atoms with Crippen molar-refractivity contribution >= 4 is 5.91 Å². The topological polar surface area (TPSA) is 38.8 Å². The average molecular weight is 309 g/mol. The molecule has 1 saturated heterocycles. The average Bonchev–Trinajstić information content (AvgIpc) is 2.58. The summed E-state index contributed by atoms with van der Waals surface area (Å²) in [6.45, 7) is 4.35. The van der Waals surface area contributed by atoms with Crippen LogP contribution in [0.4, 0.5) is 0 Å². The summed E-state index contributed by atoms with van der Waals surface area (Å²) in [4.78, 5) is 14.9. The minimum atomic E-state index is 0.172. The van der Waals surface area contributed by atoms with Gasteiger partial charge in [0.05, 0.1) is 6.10 Å². The van der Waals surface area contributed by atoms with Crippen LogP contribution in [0, 0.1) is 11.3 Å². The number of carbonyl (C=O) groups excluding carboxylic acids is 1. The number of hydrogen-bond acceptors (Lipinski definition) is 3. The van der Waals surface area contributed by atoms with Gasteiger partial charge in [0, 0.05) is 44.2 Å². The molecule has 1 spiro atoms. The summed E-state index contributed by atoms with van der Waals surface area (Å²) >= 11 is 0. The molecule has 0 aromatic heterocycles. The highest BCUT2D eigenvalue weighted by Gasteiger charge is 2.58. The third-order valence-corrected chi connectivity index (χ3v) is 6.28. The Balaban J connectivity index is 1.68. The van der Waals surface area contributed by atoms with E-state index in [4.69, 9.17) is 9.47 Å². The zero-order valence-corrected chi connectivity index (χ0v) is 14.2. The molecule has 0 aromatic rings. The van der Waals surface area contributed by atoms with Gasteiger partial charge in [-0.15, -0.1) is 0 Å². The molecule has 1 amide bonds. The Bertz CT molecular complexity index is 386. The summed E-state index contributed by atoms with van der Waals surface area (Å²) in [5, 5.41) is 0. The molecule has 3 rings (SSSR count). The third kappa shape index (κ3) is 2.80. The van der Waals surface area contributed by atoms with E-state index in [1.54, 1.807) is 0 Å². The van der Waals surface area contributed by atoms with Crippen LogP contribution in [0.1, 0.15) is 58.3 Å². The van der Waals surface area contributed by atoms with Crippen LogP contribution in [0.15, 0.2) is 0 Å². The van der Waals surface area contributed by atoms with Crippen molar-refractivity contribution in [2.75, 3.05) is 26.9 Å². The van der Waals surface area contributed by atoms with Gasteiger partial charge in [-0.25, -0.2) is 0 Å². The first-order valence-electron chi connectivity index (χ1n) is 9.15. The minimum Gasteiger partial charge on any atom is -0.381 e. The van der Waals surface area contributed by atoms with Crippen LogP contribution in [-0.2, 0) is 14.3 Å². The first-order valence-corrected chi connectivity index (χ1v) is 9.15. The Morgan fingerprint density at radius 2 is 1.91 bits per heavy atom. The number of rotatable bonds is 4. The van der Waals surface area contributed by atoms with Crippen LogP contribution in [0.3, 0.4) is 0 Å². The van der Waals surface area contributed by atoms with Crippen LogP contribution in [0.25, 0.3) is 0 Å². The molecule has 0 unspecified atom stereocenters. The first kappa shape index (κ1) is 16.3. The summed E-state index contributed by atoms with van der Waals surface area (Å²) in [5.74, 6) is 0.513. The van der Waals surface area contributed by atoms with Gasteiger partial charge in [-0.2, -0.15) is 0 Å². The van der Waals surface area contributed by atoms with E-state index in [2.05, 4.69) is 11.8 Å². The highest BCUT2D eigenvalue weighted by Crippen LogP contribution is 2.55. The van der Waals surface area contributed by atoms with Crippen molar-refractivity contribution in [3.63, 3.8) is 0 Å². The number of nitrogens with zero attached hydrogens (tertiary/aromatic N) is 1. The zero-order valence-electron chi connectivity index (χ0n) is 14.2. The highest BCUT2D eigenvalue weighted by atomic mass is 16.5. The van der Waals surface area contributed by atoms with Crippen LogP contribution in [-0.4, -0.2) is 49.8 Å². The van der Waals surface area contributed by atoms with Gasteiger partial charge in [-0.3, -0.25) is 4.79 Å².